The Morgan fingerprint density at radius 3 is 2.41 bits per heavy atom. The van der Waals surface area contributed by atoms with Gasteiger partial charge in [0, 0.05) is 5.56 Å². The van der Waals surface area contributed by atoms with E-state index in [-0.39, 0.29) is 13.2 Å². The number of methoxy groups -OCH3 is 1. The molecule has 150 valence electrons. The molecule has 3 aromatic rings. The van der Waals surface area contributed by atoms with E-state index >= 15 is 0 Å². The molecule has 0 atom stereocenters. The lowest BCUT2D eigenvalue weighted by atomic mass is 10.1. The maximum atomic E-state index is 12.7. The fourth-order valence-electron chi connectivity index (χ4n) is 2.77. The van der Waals surface area contributed by atoms with Crippen molar-refractivity contribution >= 4 is 39.4 Å². The van der Waals surface area contributed by atoms with Gasteiger partial charge in [-0.15, -0.1) is 0 Å². The highest BCUT2D eigenvalue weighted by Crippen LogP contribution is 2.19. The van der Waals surface area contributed by atoms with Crippen LogP contribution in [0.1, 0.15) is 33.2 Å². The van der Waals surface area contributed by atoms with Gasteiger partial charge in [-0.25, -0.2) is 4.79 Å². The van der Waals surface area contributed by atoms with Crippen molar-refractivity contribution in [1.82, 2.24) is 4.57 Å². The van der Waals surface area contributed by atoms with Crippen molar-refractivity contribution in [2.45, 2.75) is 20.4 Å². The number of ether oxygens (including phenoxy) is 2. The lowest BCUT2D eigenvalue weighted by Gasteiger charge is -2.05. The molecule has 0 fully saturated rings. The summed E-state index contributed by atoms with van der Waals surface area (Å²) in [5.74, 6) is -1.35. The number of carbonyl (C=O) groups is 3. The number of hydrogen-bond donors (Lipinski definition) is 0. The van der Waals surface area contributed by atoms with Gasteiger partial charge in [0.2, 0.25) is 0 Å². The Bertz CT molecular complexity index is 1140. The largest absolute Gasteiger partial charge is 0.465 e. The molecule has 1 amide bonds. The van der Waals surface area contributed by atoms with Crippen molar-refractivity contribution in [1.29, 1.82) is 0 Å². The number of aromatic nitrogens is 1. The van der Waals surface area contributed by atoms with Gasteiger partial charge in [-0.2, -0.15) is 4.99 Å². The minimum atomic E-state index is -0.479. The molecule has 0 radical (unpaired) electrons. The van der Waals surface area contributed by atoms with Crippen LogP contribution in [0.5, 0.6) is 0 Å². The van der Waals surface area contributed by atoms with E-state index in [4.69, 9.17) is 4.74 Å². The smallest absolute Gasteiger partial charge is 0.337 e. The van der Waals surface area contributed by atoms with Crippen LogP contribution in [0.4, 0.5) is 0 Å². The van der Waals surface area contributed by atoms with Gasteiger partial charge in [0.05, 0.1) is 29.5 Å². The SMILES string of the molecule is CCOC(=O)Cn1c(=NC(=O)c2ccc(C(=O)OC)cc2)sc2cc(C)ccc21. The van der Waals surface area contributed by atoms with E-state index < -0.39 is 17.8 Å². The molecule has 7 nitrogen and oxygen atoms in total. The number of hydrogen-bond acceptors (Lipinski definition) is 6. The molecule has 3 rings (SSSR count). The van der Waals surface area contributed by atoms with Crippen molar-refractivity contribution in [2.24, 2.45) is 4.99 Å². The molecule has 0 N–H and O–H groups in total. The van der Waals surface area contributed by atoms with Crippen molar-refractivity contribution in [3.05, 3.63) is 64.0 Å². The highest BCUT2D eigenvalue weighted by molar-refractivity contribution is 7.16. The lowest BCUT2D eigenvalue weighted by Crippen LogP contribution is -2.23. The summed E-state index contributed by atoms with van der Waals surface area (Å²) >= 11 is 1.33. The number of nitrogens with zero attached hydrogens (tertiary/aromatic N) is 2. The molecule has 0 saturated carbocycles. The molecule has 1 aromatic heterocycles. The van der Waals surface area contributed by atoms with Gasteiger partial charge in [0.25, 0.3) is 5.91 Å². The number of esters is 2. The average molecular weight is 412 g/mol. The van der Waals surface area contributed by atoms with Crippen molar-refractivity contribution < 1.29 is 23.9 Å². The summed E-state index contributed by atoms with van der Waals surface area (Å²) in [4.78, 5) is 40.9. The number of amides is 1. The normalized spacial score (nSPS) is 11.5. The van der Waals surface area contributed by atoms with E-state index in [0.29, 0.717) is 15.9 Å². The number of thiazole rings is 1. The average Bonchev–Trinajstić information content (AvgIpc) is 3.03. The summed E-state index contributed by atoms with van der Waals surface area (Å²) in [5.41, 5.74) is 2.55. The number of fused-ring (bicyclic) bond motifs is 1. The predicted molar refractivity (Wildman–Crippen MR) is 109 cm³/mol. The summed E-state index contributed by atoms with van der Waals surface area (Å²) < 4.78 is 12.3. The molecule has 0 aliphatic carbocycles. The van der Waals surface area contributed by atoms with Crippen LogP contribution in [-0.2, 0) is 20.8 Å². The summed E-state index contributed by atoms with van der Waals surface area (Å²) in [5, 5.41) is 0. The zero-order valence-electron chi connectivity index (χ0n) is 16.3. The van der Waals surface area contributed by atoms with Gasteiger partial charge in [0.15, 0.2) is 4.80 Å². The van der Waals surface area contributed by atoms with Crippen LogP contribution < -0.4 is 4.80 Å². The first-order valence-electron chi connectivity index (χ1n) is 8.96. The molecule has 0 saturated heterocycles. The number of benzene rings is 2. The van der Waals surface area contributed by atoms with E-state index in [1.54, 1.807) is 11.5 Å². The maximum Gasteiger partial charge on any atom is 0.337 e. The molecular weight excluding hydrogens is 392 g/mol. The molecular formula is C21H20N2O5S. The van der Waals surface area contributed by atoms with Crippen LogP contribution in [0.15, 0.2) is 47.5 Å². The van der Waals surface area contributed by atoms with Gasteiger partial charge in [0.1, 0.15) is 6.54 Å². The maximum absolute atomic E-state index is 12.7. The van der Waals surface area contributed by atoms with Crippen LogP contribution in [-0.4, -0.2) is 36.1 Å². The van der Waals surface area contributed by atoms with Gasteiger partial charge in [-0.05, 0) is 55.8 Å². The fourth-order valence-corrected chi connectivity index (χ4v) is 3.90. The van der Waals surface area contributed by atoms with E-state index in [2.05, 4.69) is 9.73 Å². The summed E-state index contributed by atoms with van der Waals surface area (Å²) in [6.07, 6.45) is 0. The quantitative estimate of drug-likeness (QED) is 0.601. The lowest BCUT2D eigenvalue weighted by molar-refractivity contribution is -0.143. The Morgan fingerprint density at radius 1 is 1.07 bits per heavy atom. The third kappa shape index (κ3) is 4.60. The first kappa shape index (κ1) is 20.5. The van der Waals surface area contributed by atoms with Crippen molar-refractivity contribution in [3.63, 3.8) is 0 Å². The fraction of sp³-hybridized carbons (Fsp3) is 0.238. The van der Waals surface area contributed by atoms with E-state index in [1.165, 1.54) is 42.7 Å². The number of rotatable bonds is 5. The second-order valence-corrected chi connectivity index (χ2v) is 7.24. The Kier molecular flexibility index (Phi) is 6.23. The predicted octanol–water partition coefficient (Wildman–Crippen LogP) is 3.10. The summed E-state index contributed by atoms with van der Waals surface area (Å²) in [7, 11) is 1.29. The first-order chi connectivity index (χ1) is 13.9. The molecule has 2 aromatic carbocycles. The van der Waals surface area contributed by atoms with Crippen LogP contribution in [0.3, 0.4) is 0 Å². The minimum absolute atomic E-state index is 0.0374. The van der Waals surface area contributed by atoms with E-state index in [1.807, 2.05) is 25.1 Å². The van der Waals surface area contributed by atoms with Crippen LogP contribution in [0, 0.1) is 6.92 Å². The zero-order chi connectivity index (χ0) is 21.0. The first-order valence-corrected chi connectivity index (χ1v) is 9.77. The second kappa shape index (κ2) is 8.83. The van der Waals surface area contributed by atoms with Crippen LogP contribution in [0.25, 0.3) is 10.2 Å². The Balaban J connectivity index is 2.02. The van der Waals surface area contributed by atoms with Gasteiger partial charge < -0.3 is 14.0 Å². The molecule has 8 heteroatoms. The monoisotopic (exact) mass is 412 g/mol. The Morgan fingerprint density at radius 2 is 1.76 bits per heavy atom. The van der Waals surface area contributed by atoms with E-state index in [9.17, 15) is 14.4 Å². The third-order valence-electron chi connectivity index (χ3n) is 4.18. The van der Waals surface area contributed by atoms with Gasteiger partial charge >= 0.3 is 11.9 Å². The highest BCUT2D eigenvalue weighted by atomic mass is 32.1. The minimum Gasteiger partial charge on any atom is -0.465 e. The highest BCUT2D eigenvalue weighted by Gasteiger charge is 2.13. The molecule has 29 heavy (non-hydrogen) atoms. The number of aryl methyl sites for hydroxylation is 1. The van der Waals surface area contributed by atoms with Crippen molar-refractivity contribution in [3.8, 4) is 0 Å². The second-order valence-electron chi connectivity index (χ2n) is 6.23. The molecule has 1 heterocycles. The van der Waals surface area contributed by atoms with Gasteiger partial charge in [-0.3, -0.25) is 9.59 Å². The van der Waals surface area contributed by atoms with Crippen molar-refractivity contribution in [2.75, 3.05) is 13.7 Å². The van der Waals surface area contributed by atoms with Crippen LogP contribution in [0.2, 0.25) is 0 Å². The molecule has 0 aliphatic rings. The molecule has 0 spiro atoms. The molecule has 0 unspecified atom stereocenters. The summed E-state index contributed by atoms with van der Waals surface area (Å²) in [6.45, 7) is 3.95. The molecule has 0 aliphatic heterocycles. The Labute approximate surface area is 171 Å². The standard InChI is InChI=1S/C21H20N2O5S/c1-4-28-18(24)12-23-16-10-5-13(2)11-17(16)29-21(23)22-19(25)14-6-8-15(9-7-14)20(26)27-3/h5-11H,4,12H2,1-3H3. The van der Waals surface area contributed by atoms with Crippen LogP contribution >= 0.6 is 11.3 Å². The zero-order valence-corrected chi connectivity index (χ0v) is 17.1. The topological polar surface area (TPSA) is 87.0 Å². The Hall–Kier alpha value is -3.26. The number of carbonyl (C=O) groups excluding carboxylic acids is 3. The molecule has 0 bridgehead atoms. The third-order valence-corrected chi connectivity index (χ3v) is 5.22. The van der Waals surface area contributed by atoms with Gasteiger partial charge in [-0.1, -0.05) is 17.4 Å². The van der Waals surface area contributed by atoms with E-state index in [0.717, 1.165) is 15.8 Å². The summed E-state index contributed by atoms with van der Waals surface area (Å²) in [6, 6.07) is 11.9.